The Morgan fingerprint density at radius 3 is 2.83 bits per heavy atom. The van der Waals surface area contributed by atoms with Crippen molar-refractivity contribution in [2.24, 2.45) is 5.73 Å². The monoisotopic (exact) mass is 231 g/mol. The number of hydrogen-bond donors (Lipinski definition) is 2. The van der Waals surface area contributed by atoms with Crippen molar-refractivity contribution in [3.05, 3.63) is 22.7 Å². The van der Waals surface area contributed by atoms with Crippen molar-refractivity contribution in [2.75, 3.05) is 13.2 Å². The summed E-state index contributed by atoms with van der Waals surface area (Å²) in [6.07, 6.45) is 0. The lowest BCUT2D eigenvalue weighted by Crippen LogP contribution is -2.10. The molecule has 1 aromatic rings. The number of benzene rings is 1. The van der Waals surface area contributed by atoms with Crippen LogP contribution in [-0.4, -0.2) is 18.3 Å². The van der Waals surface area contributed by atoms with Gasteiger partial charge in [-0.3, -0.25) is 0 Å². The highest BCUT2D eigenvalue weighted by Gasteiger charge is 2.00. The van der Waals surface area contributed by atoms with Gasteiger partial charge in [-0.1, -0.05) is 15.9 Å². The molecule has 12 heavy (non-hydrogen) atoms. The molecule has 1 aromatic carbocycles. The number of phenols is 1. The quantitative estimate of drug-likeness (QED) is 0.830. The minimum Gasteiger partial charge on any atom is -0.504 e. The maximum atomic E-state index is 9.32. The van der Waals surface area contributed by atoms with Crippen molar-refractivity contribution in [3.8, 4) is 11.5 Å². The second kappa shape index (κ2) is 4.33. The highest BCUT2D eigenvalue weighted by atomic mass is 79.9. The first-order valence-electron chi connectivity index (χ1n) is 3.55. The minimum atomic E-state index is 0.123. The van der Waals surface area contributed by atoms with E-state index >= 15 is 0 Å². The highest BCUT2D eigenvalue weighted by molar-refractivity contribution is 9.10. The summed E-state index contributed by atoms with van der Waals surface area (Å²) in [6, 6.07) is 5.06. The SMILES string of the molecule is NCCOc1ccc(Br)cc1O. The van der Waals surface area contributed by atoms with E-state index in [-0.39, 0.29) is 5.75 Å². The normalized spacial score (nSPS) is 9.83. The molecule has 0 radical (unpaired) electrons. The van der Waals surface area contributed by atoms with E-state index in [9.17, 15) is 5.11 Å². The molecule has 0 aliphatic rings. The van der Waals surface area contributed by atoms with Crippen LogP contribution in [0, 0.1) is 0 Å². The van der Waals surface area contributed by atoms with Gasteiger partial charge in [0.1, 0.15) is 6.61 Å². The molecule has 0 saturated heterocycles. The van der Waals surface area contributed by atoms with Crippen molar-refractivity contribution >= 4 is 15.9 Å². The maximum Gasteiger partial charge on any atom is 0.161 e. The van der Waals surface area contributed by atoms with E-state index in [2.05, 4.69) is 15.9 Å². The van der Waals surface area contributed by atoms with Gasteiger partial charge in [0, 0.05) is 11.0 Å². The van der Waals surface area contributed by atoms with E-state index < -0.39 is 0 Å². The number of aromatic hydroxyl groups is 1. The number of ether oxygens (including phenoxy) is 1. The molecule has 0 fully saturated rings. The summed E-state index contributed by atoms with van der Waals surface area (Å²) in [4.78, 5) is 0. The Morgan fingerprint density at radius 2 is 2.25 bits per heavy atom. The average Bonchev–Trinajstić information content (AvgIpc) is 2.03. The summed E-state index contributed by atoms with van der Waals surface area (Å²) in [5.74, 6) is 0.585. The molecule has 3 nitrogen and oxygen atoms in total. The van der Waals surface area contributed by atoms with Crippen LogP contribution in [0.3, 0.4) is 0 Å². The van der Waals surface area contributed by atoms with E-state index in [1.54, 1.807) is 18.2 Å². The lowest BCUT2D eigenvalue weighted by Gasteiger charge is -2.06. The highest BCUT2D eigenvalue weighted by Crippen LogP contribution is 2.28. The van der Waals surface area contributed by atoms with Gasteiger partial charge in [-0.25, -0.2) is 0 Å². The number of hydrogen-bond acceptors (Lipinski definition) is 3. The average molecular weight is 232 g/mol. The summed E-state index contributed by atoms with van der Waals surface area (Å²) < 4.78 is 5.96. The van der Waals surface area contributed by atoms with E-state index in [1.807, 2.05) is 0 Å². The number of rotatable bonds is 3. The van der Waals surface area contributed by atoms with Gasteiger partial charge < -0.3 is 15.6 Å². The fourth-order valence-electron chi connectivity index (χ4n) is 0.781. The van der Waals surface area contributed by atoms with E-state index in [0.29, 0.717) is 18.9 Å². The van der Waals surface area contributed by atoms with Crippen molar-refractivity contribution in [2.45, 2.75) is 0 Å². The van der Waals surface area contributed by atoms with Gasteiger partial charge in [-0.05, 0) is 18.2 Å². The summed E-state index contributed by atoms with van der Waals surface area (Å²) in [6.45, 7) is 0.852. The van der Waals surface area contributed by atoms with Crippen LogP contribution in [0.1, 0.15) is 0 Å². The largest absolute Gasteiger partial charge is 0.504 e. The first kappa shape index (κ1) is 9.35. The maximum absolute atomic E-state index is 9.32. The topological polar surface area (TPSA) is 55.5 Å². The molecule has 1 rings (SSSR count). The second-order valence-electron chi connectivity index (χ2n) is 2.25. The van der Waals surface area contributed by atoms with Crippen molar-refractivity contribution in [1.29, 1.82) is 0 Å². The van der Waals surface area contributed by atoms with E-state index in [0.717, 1.165) is 4.47 Å². The van der Waals surface area contributed by atoms with Gasteiger partial charge in [0.2, 0.25) is 0 Å². The molecular weight excluding hydrogens is 222 g/mol. The third-order valence-corrected chi connectivity index (χ3v) is 1.79. The molecule has 3 N–H and O–H groups in total. The van der Waals surface area contributed by atoms with Crippen LogP contribution in [0.25, 0.3) is 0 Å². The van der Waals surface area contributed by atoms with Crippen LogP contribution in [0.4, 0.5) is 0 Å². The first-order chi connectivity index (χ1) is 5.74. The minimum absolute atomic E-state index is 0.123. The van der Waals surface area contributed by atoms with Gasteiger partial charge in [-0.15, -0.1) is 0 Å². The van der Waals surface area contributed by atoms with Crippen LogP contribution < -0.4 is 10.5 Å². The van der Waals surface area contributed by atoms with Crippen LogP contribution >= 0.6 is 15.9 Å². The van der Waals surface area contributed by atoms with Crippen molar-refractivity contribution in [3.63, 3.8) is 0 Å². The molecule has 0 spiro atoms. The zero-order chi connectivity index (χ0) is 8.97. The Morgan fingerprint density at radius 1 is 1.50 bits per heavy atom. The van der Waals surface area contributed by atoms with E-state index in [1.165, 1.54) is 0 Å². The van der Waals surface area contributed by atoms with Crippen LogP contribution in [0.5, 0.6) is 11.5 Å². The molecule has 0 aromatic heterocycles. The molecule has 0 aliphatic carbocycles. The third-order valence-electron chi connectivity index (χ3n) is 1.30. The lowest BCUT2D eigenvalue weighted by molar-refractivity contribution is 0.308. The summed E-state index contributed by atoms with van der Waals surface area (Å²) in [7, 11) is 0. The van der Waals surface area contributed by atoms with Crippen LogP contribution in [0.15, 0.2) is 22.7 Å². The Labute approximate surface area is 79.3 Å². The third kappa shape index (κ3) is 2.39. The smallest absolute Gasteiger partial charge is 0.161 e. The fraction of sp³-hybridized carbons (Fsp3) is 0.250. The summed E-state index contributed by atoms with van der Waals surface area (Å²) >= 11 is 3.22. The van der Waals surface area contributed by atoms with Gasteiger partial charge in [0.25, 0.3) is 0 Å². The standard InChI is InChI=1S/C8H10BrNO2/c9-6-1-2-8(7(11)5-6)12-4-3-10/h1-2,5,11H,3-4,10H2. The predicted molar refractivity (Wildman–Crippen MR) is 50.4 cm³/mol. The van der Waals surface area contributed by atoms with E-state index in [4.69, 9.17) is 10.5 Å². The molecule has 0 unspecified atom stereocenters. The zero-order valence-corrected chi connectivity index (χ0v) is 8.04. The molecule has 0 aliphatic heterocycles. The Bertz CT molecular complexity index is 265. The number of halogens is 1. The van der Waals surface area contributed by atoms with Gasteiger partial charge in [0.05, 0.1) is 0 Å². The van der Waals surface area contributed by atoms with Gasteiger partial charge >= 0.3 is 0 Å². The number of phenolic OH excluding ortho intramolecular Hbond substituents is 1. The molecule has 0 heterocycles. The second-order valence-corrected chi connectivity index (χ2v) is 3.16. The predicted octanol–water partition coefficient (Wildman–Crippen LogP) is 1.49. The van der Waals surface area contributed by atoms with Crippen LogP contribution in [-0.2, 0) is 0 Å². The summed E-state index contributed by atoms with van der Waals surface area (Å²) in [5, 5.41) is 9.32. The Balaban J connectivity index is 2.72. The lowest BCUT2D eigenvalue weighted by atomic mass is 10.3. The van der Waals surface area contributed by atoms with Crippen molar-refractivity contribution < 1.29 is 9.84 Å². The fourth-order valence-corrected chi connectivity index (χ4v) is 1.13. The Kier molecular flexibility index (Phi) is 3.37. The van der Waals surface area contributed by atoms with Crippen LogP contribution in [0.2, 0.25) is 0 Å². The van der Waals surface area contributed by atoms with Gasteiger partial charge in [-0.2, -0.15) is 0 Å². The summed E-state index contributed by atoms with van der Waals surface area (Å²) in [5.41, 5.74) is 5.24. The molecule has 4 heteroatoms. The number of nitrogens with two attached hydrogens (primary N) is 1. The first-order valence-corrected chi connectivity index (χ1v) is 4.34. The van der Waals surface area contributed by atoms with Crippen molar-refractivity contribution in [1.82, 2.24) is 0 Å². The van der Waals surface area contributed by atoms with Gasteiger partial charge in [0.15, 0.2) is 11.5 Å². The molecule has 0 atom stereocenters. The molecule has 0 saturated carbocycles. The molecule has 66 valence electrons. The molecular formula is C8H10BrNO2. The molecule has 0 amide bonds. The molecule has 0 bridgehead atoms. The zero-order valence-electron chi connectivity index (χ0n) is 6.46. The Hall–Kier alpha value is -0.740.